The van der Waals surface area contributed by atoms with E-state index in [2.05, 4.69) is 19.1 Å². The Kier molecular flexibility index (Phi) is 9.56. The van der Waals surface area contributed by atoms with Crippen LogP contribution in [0.2, 0.25) is 0 Å². The summed E-state index contributed by atoms with van der Waals surface area (Å²) in [5, 5.41) is 10.7. The molecule has 0 aliphatic heterocycles. The zero-order valence-electron chi connectivity index (χ0n) is 9.09. The Balaban J connectivity index is 2.99. The lowest BCUT2D eigenvalue weighted by atomic mass is 10.1. The molecule has 0 saturated heterocycles. The second-order valence-electron chi connectivity index (χ2n) is 3.71. The van der Waals surface area contributed by atoms with Gasteiger partial charge in [-0.25, -0.2) is 5.11 Å². The summed E-state index contributed by atoms with van der Waals surface area (Å²) in [7, 11) is 0. The maximum Gasteiger partial charge on any atom is 0.0902 e. The van der Waals surface area contributed by atoms with Gasteiger partial charge in [-0.3, -0.25) is 0 Å². The summed E-state index contributed by atoms with van der Waals surface area (Å²) >= 11 is 0. The maximum atomic E-state index is 10.7. The third-order valence-electron chi connectivity index (χ3n) is 2.10. The second-order valence-corrected chi connectivity index (χ2v) is 3.71. The molecule has 0 aromatic heterocycles. The van der Waals surface area contributed by atoms with Gasteiger partial charge in [-0.15, -0.1) is 0 Å². The summed E-state index contributed by atoms with van der Waals surface area (Å²) in [4.78, 5) is 0. The minimum atomic E-state index is -0.365. The number of rotatable bonds is 8. The molecule has 1 heteroatoms. The van der Waals surface area contributed by atoms with Gasteiger partial charge in [0.1, 0.15) is 0 Å². The molecular weight excluding hydrogens is 160 g/mol. The monoisotopic (exact) mass is 183 g/mol. The predicted octanol–water partition coefficient (Wildman–Crippen LogP) is 4.11. The number of unbranched alkanes of at least 4 members (excludes halogenated alkanes) is 4. The minimum Gasteiger partial charge on any atom is -0.233 e. The fourth-order valence-corrected chi connectivity index (χ4v) is 1.27. The molecule has 0 rings (SSSR count). The van der Waals surface area contributed by atoms with Gasteiger partial charge in [0.05, 0.1) is 6.10 Å². The highest BCUT2D eigenvalue weighted by Gasteiger charge is 1.95. The van der Waals surface area contributed by atoms with Crippen molar-refractivity contribution in [2.75, 3.05) is 0 Å². The van der Waals surface area contributed by atoms with Crippen LogP contribution >= 0.6 is 0 Å². The number of hydrogen-bond acceptors (Lipinski definition) is 0. The average Bonchev–Trinajstić information content (AvgIpc) is 2.09. The van der Waals surface area contributed by atoms with Crippen molar-refractivity contribution in [3.8, 4) is 0 Å². The standard InChI is InChI=1S/C12H23O/c1-3-4-5-6-7-8-9-10-11-12(2)13/h5-6,12H,3-4,7-11H2,1-2H3/b6-5+. The third kappa shape index (κ3) is 11.7. The summed E-state index contributed by atoms with van der Waals surface area (Å²) in [6.45, 7) is 3.95. The van der Waals surface area contributed by atoms with Gasteiger partial charge in [-0.1, -0.05) is 38.3 Å². The molecule has 0 aliphatic carbocycles. The molecule has 0 heterocycles. The lowest BCUT2D eigenvalue weighted by Gasteiger charge is -1.99. The molecule has 0 aromatic rings. The van der Waals surface area contributed by atoms with E-state index in [1.54, 1.807) is 6.92 Å². The molecule has 0 aromatic carbocycles. The zero-order valence-corrected chi connectivity index (χ0v) is 9.09. The van der Waals surface area contributed by atoms with Crippen molar-refractivity contribution in [2.24, 2.45) is 0 Å². The molecule has 0 saturated carbocycles. The first-order valence-corrected chi connectivity index (χ1v) is 5.58. The summed E-state index contributed by atoms with van der Waals surface area (Å²) in [6, 6.07) is 0. The smallest absolute Gasteiger partial charge is 0.0902 e. The van der Waals surface area contributed by atoms with E-state index in [4.69, 9.17) is 0 Å². The van der Waals surface area contributed by atoms with Gasteiger partial charge in [0, 0.05) is 0 Å². The average molecular weight is 183 g/mol. The summed E-state index contributed by atoms with van der Waals surface area (Å²) in [6.07, 6.45) is 12.2. The van der Waals surface area contributed by atoms with Crippen LogP contribution in [-0.2, 0) is 5.11 Å². The molecule has 0 N–H and O–H groups in total. The molecule has 1 unspecified atom stereocenters. The van der Waals surface area contributed by atoms with Crippen LogP contribution < -0.4 is 0 Å². The topological polar surface area (TPSA) is 19.9 Å². The normalized spacial score (nSPS) is 13.8. The summed E-state index contributed by atoms with van der Waals surface area (Å²) < 4.78 is 0. The number of allylic oxidation sites excluding steroid dienone is 2. The van der Waals surface area contributed by atoms with E-state index in [1.165, 1.54) is 32.1 Å². The Hall–Kier alpha value is -0.300. The first kappa shape index (κ1) is 12.7. The lowest BCUT2D eigenvalue weighted by Crippen LogP contribution is -1.95. The molecule has 0 fully saturated rings. The van der Waals surface area contributed by atoms with Crippen LogP contribution in [0.1, 0.15) is 58.8 Å². The van der Waals surface area contributed by atoms with E-state index in [0.29, 0.717) is 0 Å². The van der Waals surface area contributed by atoms with Gasteiger partial charge in [0.15, 0.2) is 0 Å². The minimum absolute atomic E-state index is 0.365. The fraction of sp³-hybridized carbons (Fsp3) is 0.833. The molecule has 0 bridgehead atoms. The van der Waals surface area contributed by atoms with Crippen LogP contribution in [0.25, 0.3) is 0 Å². The molecule has 0 aliphatic rings. The quantitative estimate of drug-likeness (QED) is 0.398. The van der Waals surface area contributed by atoms with E-state index in [9.17, 15) is 5.11 Å². The van der Waals surface area contributed by atoms with Gasteiger partial charge in [-0.05, 0) is 32.6 Å². The zero-order chi connectivity index (χ0) is 9.94. The van der Waals surface area contributed by atoms with Crippen LogP contribution in [0.5, 0.6) is 0 Å². The van der Waals surface area contributed by atoms with Gasteiger partial charge in [0.2, 0.25) is 0 Å². The van der Waals surface area contributed by atoms with E-state index in [1.807, 2.05) is 0 Å². The Morgan fingerprint density at radius 3 is 2.38 bits per heavy atom. The molecule has 0 spiro atoms. The van der Waals surface area contributed by atoms with Crippen molar-refractivity contribution in [1.29, 1.82) is 0 Å². The van der Waals surface area contributed by atoms with Crippen LogP contribution in [0, 0.1) is 0 Å². The molecule has 1 nitrogen and oxygen atoms in total. The van der Waals surface area contributed by atoms with E-state index >= 15 is 0 Å². The fourth-order valence-electron chi connectivity index (χ4n) is 1.27. The highest BCUT2D eigenvalue weighted by molar-refractivity contribution is 4.80. The van der Waals surface area contributed by atoms with Crippen molar-refractivity contribution < 1.29 is 5.11 Å². The molecular formula is C12H23O. The summed E-state index contributed by atoms with van der Waals surface area (Å²) in [5.41, 5.74) is 0. The van der Waals surface area contributed by atoms with E-state index in [-0.39, 0.29) is 6.10 Å². The van der Waals surface area contributed by atoms with Gasteiger partial charge >= 0.3 is 0 Å². The van der Waals surface area contributed by atoms with Crippen LogP contribution in [0.4, 0.5) is 0 Å². The Labute approximate surface area is 82.9 Å². The van der Waals surface area contributed by atoms with E-state index < -0.39 is 0 Å². The van der Waals surface area contributed by atoms with Gasteiger partial charge in [0.25, 0.3) is 0 Å². The van der Waals surface area contributed by atoms with Crippen LogP contribution in [0.3, 0.4) is 0 Å². The van der Waals surface area contributed by atoms with Crippen LogP contribution in [-0.4, -0.2) is 6.10 Å². The highest BCUT2D eigenvalue weighted by atomic mass is 16.3. The molecule has 1 radical (unpaired) electrons. The third-order valence-corrected chi connectivity index (χ3v) is 2.10. The first-order valence-electron chi connectivity index (χ1n) is 5.58. The highest BCUT2D eigenvalue weighted by Crippen LogP contribution is 2.06. The van der Waals surface area contributed by atoms with E-state index in [0.717, 1.165) is 12.8 Å². The van der Waals surface area contributed by atoms with Crippen molar-refractivity contribution >= 4 is 0 Å². The molecule has 0 amide bonds. The van der Waals surface area contributed by atoms with Crippen molar-refractivity contribution in [2.45, 2.75) is 64.9 Å². The first-order chi connectivity index (χ1) is 6.27. The van der Waals surface area contributed by atoms with Crippen molar-refractivity contribution in [1.82, 2.24) is 0 Å². The largest absolute Gasteiger partial charge is 0.233 e. The SMILES string of the molecule is CCC/C=C/CCCCCC(C)[O]. The predicted molar refractivity (Wildman–Crippen MR) is 57.3 cm³/mol. The van der Waals surface area contributed by atoms with Crippen LogP contribution in [0.15, 0.2) is 12.2 Å². The maximum absolute atomic E-state index is 10.7. The Morgan fingerprint density at radius 1 is 1.08 bits per heavy atom. The Bertz CT molecular complexity index is 116. The molecule has 1 atom stereocenters. The lowest BCUT2D eigenvalue weighted by molar-refractivity contribution is 0.0951. The molecule has 77 valence electrons. The summed E-state index contributed by atoms with van der Waals surface area (Å²) in [5.74, 6) is 0. The van der Waals surface area contributed by atoms with Crippen molar-refractivity contribution in [3.05, 3.63) is 12.2 Å². The Morgan fingerprint density at radius 2 is 1.77 bits per heavy atom. The van der Waals surface area contributed by atoms with Gasteiger partial charge < -0.3 is 0 Å². The molecule has 13 heavy (non-hydrogen) atoms. The van der Waals surface area contributed by atoms with Crippen molar-refractivity contribution in [3.63, 3.8) is 0 Å². The number of hydrogen-bond donors (Lipinski definition) is 0. The van der Waals surface area contributed by atoms with Gasteiger partial charge in [-0.2, -0.15) is 0 Å². The second kappa shape index (κ2) is 9.79.